The molecule has 0 amide bonds. The highest BCUT2D eigenvalue weighted by Gasteiger charge is 2.17. The molecule has 0 saturated heterocycles. The van der Waals surface area contributed by atoms with Crippen LogP contribution in [-0.2, 0) is 5.41 Å². The van der Waals surface area contributed by atoms with Gasteiger partial charge in [-0.2, -0.15) is 0 Å². The second-order valence-electron chi connectivity index (χ2n) is 4.33. The molecule has 0 spiro atoms. The summed E-state index contributed by atoms with van der Waals surface area (Å²) in [4.78, 5) is 0. The van der Waals surface area contributed by atoms with Crippen LogP contribution in [0.4, 0.5) is 0 Å². The molecule has 72 valence electrons. The molecule has 0 aromatic heterocycles. The maximum Gasteiger partial charge on any atom is 0.0595 e. The smallest absolute Gasteiger partial charge is 0.0595 e. The van der Waals surface area contributed by atoms with E-state index in [1.807, 2.05) is 12.1 Å². The van der Waals surface area contributed by atoms with Gasteiger partial charge in [0, 0.05) is 0 Å². The van der Waals surface area contributed by atoms with Crippen molar-refractivity contribution in [2.24, 2.45) is 0 Å². The summed E-state index contributed by atoms with van der Waals surface area (Å²) in [5.74, 6) is 0. The van der Waals surface area contributed by atoms with Crippen molar-refractivity contribution in [2.45, 2.75) is 33.1 Å². The van der Waals surface area contributed by atoms with Crippen LogP contribution in [0.5, 0.6) is 0 Å². The minimum absolute atomic E-state index is 0.123. The highest BCUT2D eigenvalue weighted by atomic mass is 35.5. The second kappa shape index (κ2) is 3.51. The summed E-state index contributed by atoms with van der Waals surface area (Å²) < 4.78 is 0. The zero-order chi connectivity index (χ0) is 10.2. The highest BCUT2D eigenvalue weighted by Crippen LogP contribution is 2.32. The fourth-order valence-electron chi connectivity index (χ4n) is 1.45. The van der Waals surface area contributed by atoms with Crippen LogP contribution in [0.25, 0.3) is 0 Å². The molecule has 0 saturated carbocycles. The normalized spacial score (nSPS) is 11.8. The van der Waals surface area contributed by atoms with Gasteiger partial charge in [0.1, 0.15) is 0 Å². The van der Waals surface area contributed by atoms with E-state index in [2.05, 4.69) is 27.7 Å². The summed E-state index contributed by atoms with van der Waals surface area (Å²) >= 11 is 11.9. The average Bonchev–Trinajstić information content (AvgIpc) is 1.94. The Bertz CT molecular complexity index is 322. The molecule has 1 rings (SSSR count). The first-order chi connectivity index (χ1) is 5.82. The van der Waals surface area contributed by atoms with Crippen molar-refractivity contribution in [3.8, 4) is 0 Å². The molecule has 0 heterocycles. The van der Waals surface area contributed by atoms with Crippen molar-refractivity contribution < 1.29 is 0 Å². The molecule has 0 atom stereocenters. The van der Waals surface area contributed by atoms with Crippen LogP contribution >= 0.6 is 23.2 Å². The van der Waals surface area contributed by atoms with Crippen molar-refractivity contribution in [3.05, 3.63) is 33.3 Å². The summed E-state index contributed by atoms with van der Waals surface area (Å²) in [5, 5.41) is 1.27. The van der Waals surface area contributed by atoms with Gasteiger partial charge in [-0.25, -0.2) is 0 Å². The van der Waals surface area contributed by atoms with Crippen LogP contribution in [0.2, 0.25) is 10.0 Å². The minimum atomic E-state index is 0.123. The number of halogens is 2. The van der Waals surface area contributed by atoms with Gasteiger partial charge in [-0.15, -0.1) is 0 Å². The summed E-state index contributed by atoms with van der Waals surface area (Å²) in [6.07, 6.45) is 0. The summed E-state index contributed by atoms with van der Waals surface area (Å²) in [6, 6.07) is 3.88. The SMILES string of the molecule is Cc1cc(Cl)c(Cl)cc1C(C)(C)C. The molecule has 0 aliphatic heterocycles. The Balaban J connectivity index is 3.32. The average molecular weight is 217 g/mol. The Morgan fingerprint density at radius 1 is 1.00 bits per heavy atom. The fraction of sp³-hybridized carbons (Fsp3) is 0.455. The summed E-state index contributed by atoms with van der Waals surface area (Å²) in [6.45, 7) is 8.56. The van der Waals surface area contributed by atoms with Crippen molar-refractivity contribution >= 4 is 23.2 Å². The van der Waals surface area contributed by atoms with E-state index >= 15 is 0 Å². The van der Waals surface area contributed by atoms with Crippen LogP contribution in [0.3, 0.4) is 0 Å². The topological polar surface area (TPSA) is 0 Å². The predicted molar refractivity (Wildman–Crippen MR) is 59.9 cm³/mol. The number of hydrogen-bond donors (Lipinski definition) is 0. The van der Waals surface area contributed by atoms with Crippen molar-refractivity contribution in [1.29, 1.82) is 0 Å². The number of aryl methyl sites for hydroxylation is 1. The molecule has 0 radical (unpaired) electrons. The van der Waals surface area contributed by atoms with E-state index in [-0.39, 0.29) is 5.41 Å². The maximum atomic E-state index is 5.96. The third-order valence-corrected chi connectivity index (χ3v) is 2.80. The monoisotopic (exact) mass is 216 g/mol. The zero-order valence-electron chi connectivity index (χ0n) is 8.41. The van der Waals surface area contributed by atoms with Gasteiger partial charge in [0.15, 0.2) is 0 Å². The fourth-order valence-corrected chi connectivity index (χ4v) is 1.84. The van der Waals surface area contributed by atoms with Crippen LogP contribution in [0.1, 0.15) is 31.9 Å². The Kier molecular flexibility index (Phi) is 2.94. The Morgan fingerprint density at radius 2 is 1.46 bits per heavy atom. The summed E-state index contributed by atoms with van der Waals surface area (Å²) in [7, 11) is 0. The quantitative estimate of drug-likeness (QED) is 0.595. The first-order valence-corrected chi connectivity index (χ1v) is 5.04. The Hall–Kier alpha value is -0.200. The van der Waals surface area contributed by atoms with Gasteiger partial charge in [0.05, 0.1) is 10.0 Å². The molecular formula is C11H14Cl2. The molecule has 0 aliphatic rings. The van der Waals surface area contributed by atoms with Crippen LogP contribution in [-0.4, -0.2) is 0 Å². The molecule has 0 fully saturated rings. The van der Waals surface area contributed by atoms with E-state index in [9.17, 15) is 0 Å². The van der Waals surface area contributed by atoms with E-state index in [1.54, 1.807) is 0 Å². The van der Waals surface area contributed by atoms with Gasteiger partial charge in [0.25, 0.3) is 0 Å². The molecule has 0 nitrogen and oxygen atoms in total. The van der Waals surface area contributed by atoms with E-state index in [0.29, 0.717) is 10.0 Å². The second-order valence-corrected chi connectivity index (χ2v) is 5.15. The lowest BCUT2D eigenvalue weighted by Gasteiger charge is -2.22. The maximum absolute atomic E-state index is 5.96. The van der Waals surface area contributed by atoms with Gasteiger partial charge >= 0.3 is 0 Å². The standard InChI is InChI=1S/C11H14Cl2/c1-7-5-9(12)10(13)6-8(7)11(2,3)4/h5-6H,1-4H3. The number of benzene rings is 1. The molecule has 1 aromatic rings. The first kappa shape index (κ1) is 10.9. The third-order valence-electron chi connectivity index (χ3n) is 2.08. The molecule has 2 heteroatoms. The van der Waals surface area contributed by atoms with Gasteiger partial charge in [-0.3, -0.25) is 0 Å². The molecule has 13 heavy (non-hydrogen) atoms. The zero-order valence-corrected chi connectivity index (χ0v) is 9.92. The molecule has 1 aromatic carbocycles. The van der Waals surface area contributed by atoms with E-state index in [1.165, 1.54) is 11.1 Å². The summed E-state index contributed by atoms with van der Waals surface area (Å²) in [5.41, 5.74) is 2.57. The molecule has 0 unspecified atom stereocenters. The van der Waals surface area contributed by atoms with Gasteiger partial charge in [-0.05, 0) is 35.6 Å². The van der Waals surface area contributed by atoms with Crippen molar-refractivity contribution in [1.82, 2.24) is 0 Å². The van der Waals surface area contributed by atoms with Gasteiger partial charge in [-0.1, -0.05) is 44.0 Å². The lowest BCUT2D eigenvalue weighted by molar-refractivity contribution is 0.586. The van der Waals surface area contributed by atoms with Crippen LogP contribution < -0.4 is 0 Å². The van der Waals surface area contributed by atoms with Gasteiger partial charge < -0.3 is 0 Å². The van der Waals surface area contributed by atoms with E-state index < -0.39 is 0 Å². The third kappa shape index (κ3) is 2.38. The van der Waals surface area contributed by atoms with Crippen molar-refractivity contribution in [3.63, 3.8) is 0 Å². The number of rotatable bonds is 0. The molecule has 0 aliphatic carbocycles. The largest absolute Gasteiger partial charge is 0.0827 e. The van der Waals surface area contributed by atoms with E-state index in [0.717, 1.165) is 0 Å². The Morgan fingerprint density at radius 3 is 1.92 bits per heavy atom. The number of hydrogen-bond acceptors (Lipinski definition) is 0. The van der Waals surface area contributed by atoms with Crippen LogP contribution in [0, 0.1) is 6.92 Å². The first-order valence-electron chi connectivity index (χ1n) is 4.28. The minimum Gasteiger partial charge on any atom is -0.0827 e. The molecule has 0 N–H and O–H groups in total. The molecular weight excluding hydrogens is 203 g/mol. The van der Waals surface area contributed by atoms with Crippen LogP contribution in [0.15, 0.2) is 12.1 Å². The van der Waals surface area contributed by atoms with Gasteiger partial charge in [0.2, 0.25) is 0 Å². The molecule has 0 bridgehead atoms. The predicted octanol–water partition coefficient (Wildman–Crippen LogP) is 4.60. The lowest BCUT2D eigenvalue weighted by Crippen LogP contribution is -2.12. The van der Waals surface area contributed by atoms with E-state index in [4.69, 9.17) is 23.2 Å². The highest BCUT2D eigenvalue weighted by molar-refractivity contribution is 6.42. The van der Waals surface area contributed by atoms with Crippen molar-refractivity contribution in [2.75, 3.05) is 0 Å². The lowest BCUT2D eigenvalue weighted by atomic mass is 9.84. The Labute approximate surface area is 89.9 Å².